The number of amides is 1. The highest BCUT2D eigenvalue weighted by atomic mass is 127. The van der Waals surface area contributed by atoms with E-state index in [4.69, 9.17) is 4.74 Å². The van der Waals surface area contributed by atoms with Gasteiger partial charge in [0.2, 0.25) is 5.91 Å². The molecule has 146 valence electrons. The highest BCUT2D eigenvalue weighted by Crippen LogP contribution is 2.19. The first-order valence-electron chi connectivity index (χ1n) is 8.81. The number of morpholine rings is 1. The molecule has 1 heterocycles. The molecule has 1 aliphatic heterocycles. The van der Waals surface area contributed by atoms with Crippen LogP contribution in [0.4, 0.5) is 0 Å². The van der Waals surface area contributed by atoms with Gasteiger partial charge in [-0.25, -0.2) is 0 Å². The molecule has 1 aromatic carbocycles. The van der Waals surface area contributed by atoms with Crippen LogP contribution < -0.4 is 10.6 Å². The molecular weight excluding hydrogens is 443 g/mol. The third kappa shape index (κ3) is 7.11. The van der Waals surface area contributed by atoms with Crippen LogP contribution in [-0.4, -0.2) is 62.2 Å². The lowest BCUT2D eigenvalue weighted by Gasteiger charge is -2.31. The lowest BCUT2D eigenvalue weighted by Crippen LogP contribution is -2.50. The van der Waals surface area contributed by atoms with E-state index in [0.29, 0.717) is 38.8 Å². The maximum atomic E-state index is 13.1. The van der Waals surface area contributed by atoms with E-state index >= 15 is 0 Å². The molecule has 0 radical (unpaired) electrons. The van der Waals surface area contributed by atoms with Crippen molar-refractivity contribution in [3.63, 3.8) is 0 Å². The average Bonchev–Trinajstić information content (AvgIpc) is 2.61. The van der Waals surface area contributed by atoms with Gasteiger partial charge in [-0.05, 0) is 26.3 Å². The van der Waals surface area contributed by atoms with Crippen LogP contribution in [0.2, 0.25) is 0 Å². The number of ether oxygens (including phenoxy) is 1. The van der Waals surface area contributed by atoms with E-state index in [9.17, 15) is 4.79 Å². The fraction of sp³-hybridized carbons (Fsp3) is 0.579. The van der Waals surface area contributed by atoms with Gasteiger partial charge in [0.25, 0.3) is 0 Å². The molecule has 1 aliphatic rings. The average molecular weight is 474 g/mol. The number of carbonyl (C=O) groups excluding carboxylic acids is 1. The lowest BCUT2D eigenvalue weighted by atomic mass is 9.97. The summed E-state index contributed by atoms with van der Waals surface area (Å²) >= 11 is 0. The van der Waals surface area contributed by atoms with Crippen LogP contribution in [0.1, 0.15) is 32.3 Å². The van der Waals surface area contributed by atoms with Gasteiger partial charge in [0.1, 0.15) is 0 Å². The molecule has 1 amide bonds. The number of nitrogens with zero attached hydrogens (tertiary/aromatic N) is 2. The van der Waals surface area contributed by atoms with E-state index in [1.54, 1.807) is 7.05 Å². The maximum Gasteiger partial charge on any atom is 0.232 e. The Morgan fingerprint density at radius 1 is 1.23 bits per heavy atom. The minimum atomic E-state index is -0.252. The van der Waals surface area contributed by atoms with Crippen LogP contribution in [0.5, 0.6) is 0 Å². The summed E-state index contributed by atoms with van der Waals surface area (Å²) in [6.07, 6.45) is 0. The fourth-order valence-electron chi connectivity index (χ4n) is 2.77. The van der Waals surface area contributed by atoms with E-state index in [-0.39, 0.29) is 41.3 Å². The molecule has 1 aromatic rings. The van der Waals surface area contributed by atoms with E-state index in [1.807, 2.05) is 35.2 Å². The second kappa shape index (κ2) is 10.7. The summed E-state index contributed by atoms with van der Waals surface area (Å²) < 4.78 is 5.37. The predicted octanol–water partition coefficient (Wildman–Crippen LogP) is 2.21. The number of carbonyl (C=O) groups is 1. The summed E-state index contributed by atoms with van der Waals surface area (Å²) in [6.45, 7) is 9.24. The number of benzene rings is 1. The van der Waals surface area contributed by atoms with E-state index in [2.05, 4.69) is 36.4 Å². The number of aliphatic imine (C=N–C) groups is 1. The highest BCUT2D eigenvalue weighted by Gasteiger charge is 2.27. The van der Waals surface area contributed by atoms with Gasteiger partial charge in [0, 0.05) is 32.2 Å². The molecule has 1 atom stereocenters. The van der Waals surface area contributed by atoms with Crippen molar-refractivity contribution in [3.8, 4) is 0 Å². The van der Waals surface area contributed by atoms with Crippen LogP contribution in [0.25, 0.3) is 0 Å². The molecule has 1 saturated heterocycles. The molecule has 6 nitrogen and oxygen atoms in total. The minimum absolute atomic E-state index is 0. The van der Waals surface area contributed by atoms with Crippen LogP contribution in [0, 0.1) is 0 Å². The SMILES string of the molecule is CN=C(NCC(C(=O)N1CCOCC1)c1ccccc1)NC(C)(C)C.I. The van der Waals surface area contributed by atoms with Gasteiger partial charge in [-0.1, -0.05) is 30.3 Å². The number of hydrogen-bond acceptors (Lipinski definition) is 3. The van der Waals surface area contributed by atoms with Crippen LogP contribution in [0.3, 0.4) is 0 Å². The summed E-state index contributed by atoms with van der Waals surface area (Å²) in [5.74, 6) is 0.578. The Hall–Kier alpha value is -1.35. The monoisotopic (exact) mass is 474 g/mol. The summed E-state index contributed by atoms with van der Waals surface area (Å²) in [4.78, 5) is 19.2. The smallest absolute Gasteiger partial charge is 0.232 e. The molecule has 0 aliphatic carbocycles. The maximum absolute atomic E-state index is 13.1. The Morgan fingerprint density at radius 3 is 2.38 bits per heavy atom. The Bertz CT molecular complexity index is 581. The van der Waals surface area contributed by atoms with Crippen molar-refractivity contribution in [1.29, 1.82) is 0 Å². The van der Waals surface area contributed by atoms with Crippen molar-refractivity contribution in [3.05, 3.63) is 35.9 Å². The molecule has 0 bridgehead atoms. The van der Waals surface area contributed by atoms with Crippen molar-refractivity contribution in [2.75, 3.05) is 39.9 Å². The van der Waals surface area contributed by atoms with Crippen LogP contribution in [0.15, 0.2) is 35.3 Å². The van der Waals surface area contributed by atoms with Crippen molar-refractivity contribution in [2.24, 2.45) is 4.99 Å². The van der Waals surface area contributed by atoms with Gasteiger partial charge in [-0.3, -0.25) is 9.79 Å². The quantitative estimate of drug-likeness (QED) is 0.399. The fourth-order valence-corrected chi connectivity index (χ4v) is 2.77. The lowest BCUT2D eigenvalue weighted by molar-refractivity contribution is -0.136. The summed E-state index contributed by atoms with van der Waals surface area (Å²) in [5.41, 5.74) is 0.913. The van der Waals surface area contributed by atoms with Gasteiger partial charge in [0.05, 0.1) is 19.1 Å². The number of halogens is 1. The first-order valence-corrected chi connectivity index (χ1v) is 8.81. The Balaban J connectivity index is 0.00000338. The molecule has 7 heteroatoms. The van der Waals surface area contributed by atoms with Gasteiger partial charge >= 0.3 is 0 Å². The van der Waals surface area contributed by atoms with E-state index in [0.717, 1.165) is 5.56 Å². The summed E-state index contributed by atoms with van der Waals surface area (Å²) in [6, 6.07) is 9.91. The number of hydrogen-bond donors (Lipinski definition) is 2. The number of rotatable bonds is 4. The minimum Gasteiger partial charge on any atom is -0.378 e. The Kier molecular flexibility index (Phi) is 9.35. The summed E-state index contributed by atoms with van der Waals surface area (Å²) in [5, 5.41) is 6.63. The molecule has 1 fully saturated rings. The van der Waals surface area contributed by atoms with Gasteiger partial charge < -0.3 is 20.3 Å². The topological polar surface area (TPSA) is 66.0 Å². The van der Waals surface area contributed by atoms with Gasteiger partial charge in [0.15, 0.2) is 5.96 Å². The summed E-state index contributed by atoms with van der Waals surface area (Å²) in [7, 11) is 1.74. The Morgan fingerprint density at radius 2 is 1.85 bits per heavy atom. The molecule has 2 N–H and O–H groups in total. The molecule has 2 rings (SSSR count). The normalized spacial score (nSPS) is 16.5. The molecular formula is C19H31IN4O2. The second-order valence-electron chi connectivity index (χ2n) is 7.23. The number of nitrogens with one attached hydrogen (secondary N) is 2. The molecule has 0 saturated carbocycles. The first kappa shape index (κ1) is 22.7. The second-order valence-corrected chi connectivity index (χ2v) is 7.23. The largest absolute Gasteiger partial charge is 0.378 e. The molecule has 0 aromatic heterocycles. The van der Waals surface area contributed by atoms with Crippen molar-refractivity contribution in [1.82, 2.24) is 15.5 Å². The van der Waals surface area contributed by atoms with E-state index < -0.39 is 0 Å². The third-order valence-electron chi connectivity index (χ3n) is 4.01. The van der Waals surface area contributed by atoms with Crippen LogP contribution in [-0.2, 0) is 9.53 Å². The molecule has 0 spiro atoms. The Labute approximate surface area is 173 Å². The zero-order valence-corrected chi connectivity index (χ0v) is 18.4. The zero-order chi connectivity index (χ0) is 18.3. The first-order chi connectivity index (χ1) is 11.9. The predicted molar refractivity (Wildman–Crippen MR) is 116 cm³/mol. The van der Waals surface area contributed by atoms with Crippen LogP contribution >= 0.6 is 24.0 Å². The van der Waals surface area contributed by atoms with Gasteiger partial charge in [-0.2, -0.15) is 0 Å². The molecule has 1 unspecified atom stereocenters. The molecule has 26 heavy (non-hydrogen) atoms. The van der Waals surface area contributed by atoms with Crippen molar-refractivity contribution in [2.45, 2.75) is 32.2 Å². The van der Waals surface area contributed by atoms with Gasteiger partial charge in [-0.15, -0.1) is 24.0 Å². The zero-order valence-electron chi connectivity index (χ0n) is 16.1. The van der Waals surface area contributed by atoms with Crippen molar-refractivity contribution >= 4 is 35.8 Å². The highest BCUT2D eigenvalue weighted by molar-refractivity contribution is 14.0. The van der Waals surface area contributed by atoms with Crippen molar-refractivity contribution < 1.29 is 9.53 Å². The number of guanidine groups is 1. The van der Waals surface area contributed by atoms with E-state index in [1.165, 1.54) is 0 Å². The standard InChI is InChI=1S/C19H30N4O2.HI/c1-19(2,3)22-18(20-4)21-14-16(15-8-6-5-7-9-15)17(24)23-10-12-25-13-11-23;/h5-9,16H,10-14H2,1-4H3,(H2,20,21,22);1H. The third-order valence-corrected chi connectivity index (χ3v) is 4.01.